The highest BCUT2D eigenvalue weighted by molar-refractivity contribution is 5.44. The van der Waals surface area contributed by atoms with Gasteiger partial charge in [-0.3, -0.25) is 0 Å². The number of benzene rings is 1. The second-order valence-corrected chi connectivity index (χ2v) is 5.00. The minimum absolute atomic E-state index is 0.135. The first kappa shape index (κ1) is 15.0. The van der Waals surface area contributed by atoms with Crippen molar-refractivity contribution in [2.24, 2.45) is 0 Å². The van der Waals surface area contributed by atoms with Gasteiger partial charge in [0, 0.05) is 26.7 Å². The van der Waals surface area contributed by atoms with Gasteiger partial charge in [-0.1, -0.05) is 18.2 Å². The molecule has 0 aliphatic carbocycles. The predicted octanol–water partition coefficient (Wildman–Crippen LogP) is 1.86. The zero-order valence-corrected chi connectivity index (χ0v) is 12.6. The van der Waals surface area contributed by atoms with E-state index >= 15 is 0 Å². The second-order valence-electron chi connectivity index (χ2n) is 5.00. The van der Waals surface area contributed by atoms with E-state index in [4.69, 9.17) is 5.73 Å². The van der Waals surface area contributed by atoms with Crippen molar-refractivity contribution in [1.82, 2.24) is 15.0 Å². The standard InChI is InChI=1S/C14H19FN6/c1-9(10-7-5-6-8-11(10)15)21(4)14-18-12(16)17-13(19-14)20(2)3/h5-9H,1-4H3,(H2,16,17,18,19). The van der Waals surface area contributed by atoms with Crippen LogP contribution < -0.4 is 15.5 Å². The van der Waals surface area contributed by atoms with Gasteiger partial charge in [-0.15, -0.1) is 0 Å². The number of halogens is 1. The lowest BCUT2D eigenvalue weighted by Crippen LogP contribution is -2.26. The molecule has 1 aromatic heterocycles. The number of nitrogen functional groups attached to an aromatic ring is 1. The highest BCUT2D eigenvalue weighted by Crippen LogP contribution is 2.25. The van der Waals surface area contributed by atoms with Crippen molar-refractivity contribution in [3.63, 3.8) is 0 Å². The average molecular weight is 290 g/mol. The lowest BCUT2D eigenvalue weighted by atomic mass is 10.1. The van der Waals surface area contributed by atoms with Crippen molar-refractivity contribution in [3.05, 3.63) is 35.6 Å². The molecule has 0 aliphatic rings. The normalized spacial score (nSPS) is 12.0. The Morgan fingerprint density at radius 3 is 2.29 bits per heavy atom. The Kier molecular flexibility index (Phi) is 4.21. The summed E-state index contributed by atoms with van der Waals surface area (Å²) in [6.45, 7) is 1.88. The van der Waals surface area contributed by atoms with Crippen LogP contribution in [-0.4, -0.2) is 36.1 Å². The van der Waals surface area contributed by atoms with Gasteiger partial charge in [0.05, 0.1) is 6.04 Å². The summed E-state index contributed by atoms with van der Waals surface area (Å²) in [5.41, 5.74) is 6.29. The van der Waals surface area contributed by atoms with E-state index < -0.39 is 0 Å². The van der Waals surface area contributed by atoms with Crippen molar-refractivity contribution in [3.8, 4) is 0 Å². The fourth-order valence-electron chi connectivity index (χ4n) is 1.92. The third-order valence-electron chi connectivity index (χ3n) is 3.28. The highest BCUT2D eigenvalue weighted by Gasteiger charge is 2.19. The topological polar surface area (TPSA) is 71.2 Å². The number of hydrogen-bond donors (Lipinski definition) is 1. The molecular weight excluding hydrogens is 271 g/mol. The molecule has 0 fully saturated rings. The largest absolute Gasteiger partial charge is 0.368 e. The Balaban J connectivity index is 2.35. The lowest BCUT2D eigenvalue weighted by molar-refractivity contribution is 0.582. The van der Waals surface area contributed by atoms with Crippen LogP contribution in [0.3, 0.4) is 0 Å². The van der Waals surface area contributed by atoms with E-state index in [1.54, 1.807) is 35.0 Å². The van der Waals surface area contributed by atoms with Gasteiger partial charge in [-0.05, 0) is 13.0 Å². The molecule has 2 N–H and O–H groups in total. The van der Waals surface area contributed by atoms with Crippen LogP contribution in [-0.2, 0) is 0 Å². The third kappa shape index (κ3) is 3.18. The average Bonchev–Trinajstić information content (AvgIpc) is 2.45. The highest BCUT2D eigenvalue weighted by atomic mass is 19.1. The maximum absolute atomic E-state index is 13.9. The summed E-state index contributed by atoms with van der Waals surface area (Å²) in [6, 6.07) is 6.41. The molecule has 0 saturated heterocycles. The van der Waals surface area contributed by atoms with E-state index in [1.165, 1.54) is 6.07 Å². The summed E-state index contributed by atoms with van der Waals surface area (Å²) in [5, 5.41) is 0. The van der Waals surface area contributed by atoms with E-state index in [1.807, 2.05) is 21.0 Å². The van der Waals surface area contributed by atoms with E-state index in [2.05, 4.69) is 15.0 Å². The van der Waals surface area contributed by atoms with Crippen molar-refractivity contribution >= 4 is 17.8 Å². The molecule has 0 amide bonds. The van der Waals surface area contributed by atoms with Gasteiger partial charge >= 0.3 is 0 Å². The third-order valence-corrected chi connectivity index (χ3v) is 3.28. The first-order chi connectivity index (χ1) is 9.90. The van der Waals surface area contributed by atoms with Crippen molar-refractivity contribution < 1.29 is 4.39 Å². The molecule has 2 rings (SSSR count). The molecule has 0 aliphatic heterocycles. The van der Waals surface area contributed by atoms with Gasteiger partial charge in [0.1, 0.15) is 5.82 Å². The first-order valence-electron chi connectivity index (χ1n) is 6.56. The Bertz CT molecular complexity index is 631. The summed E-state index contributed by atoms with van der Waals surface area (Å²) in [6.07, 6.45) is 0. The van der Waals surface area contributed by atoms with E-state index in [0.717, 1.165) is 0 Å². The first-order valence-corrected chi connectivity index (χ1v) is 6.56. The smallest absolute Gasteiger partial charge is 0.232 e. The fraction of sp³-hybridized carbons (Fsp3) is 0.357. The molecule has 7 heteroatoms. The van der Waals surface area contributed by atoms with Crippen molar-refractivity contribution in [2.45, 2.75) is 13.0 Å². The summed E-state index contributed by atoms with van der Waals surface area (Å²) in [5.74, 6) is 0.745. The van der Waals surface area contributed by atoms with Crippen LogP contribution in [0, 0.1) is 5.82 Å². The van der Waals surface area contributed by atoms with E-state index in [-0.39, 0.29) is 17.8 Å². The van der Waals surface area contributed by atoms with Gasteiger partial charge in [0.15, 0.2) is 0 Å². The number of hydrogen-bond acceptors (Lipinski definition) is 6. The van der Waals surface area contributed by atoms with Crippen LogP contribution in [0.1, 0.15) is 18.5 Å². The number of rotatable bonds is 4. The van der Waals surface area contributed by atoms with Gasteiger partial charge < -0.3 is 15.5 Å². The molecule has 21 heavy (non-hydrogen) atoms. The van der Waals surface area contributed by atoms with Crippen LogP contribution in [0.2, 0.25) is 0 Å². The SMILES string of the molecule is CC(c1ccccc1F)N(C)c1nc(N)nc(N(C)C)n1. The number of aromatic nitrogens is 3. The molecule has 2 aromatic rings. The van der Waals surface area contributed by atoms with Crippen molar-refractivity contribution in [1.29, 1.82) is 0 Å². The molecular formula is C14H19FN6. The van der Waals surface area contributed by atoms with Gasteiger partial charge in [-0.25, -0.2) is 4.39 Å². The zero-order valence-electron chi connectivity index (χ0n) is 12.6. The molecule has 112 valence electrons. The van der Waals surface area contributed by atoms with Gasteiger partial charge in [0.2, 0.25) is 17.8 Å². The molecule has 0 radical (unpaired) electrons. The Hall–Kier alpha value is -2.44. The fourth-order valence-corrected chi connectivity index (χ4v) is 1.92. The van der Waals surface area contributed by atoms with E-state index in [0.29, 0.717) is 17.5 Å². The quantitative estimate of drug-likeness (QED) is 0.926. The molecule has 6 nitrogen and oxygen atoms in total. The van der Waals surface area contributed by atoms with Crippen LogP contribution >= 0.6 is 0 Å². The number of anilines is 3. The minimum Gasteiger partial charge on any atom is -0.368 e. The van der Waals surface area contributed by atoms with Crippen molar-refractivity contribution in [2.75, 3.05) is 36.7 Å². The number of nitrogens with two attached hydrogens (primary N) is 1. The predicted molar refractivity (Wildman–Crippen MR) is 81.8 cm³/mol. The maximum atomic E-state index is 13.9. The molecule has 0 saturated carbocycles. The Morgan fingerprint density at radius 2 is 1.67 bits per heavy atom. The molecule has 1 atom stereocenters. The van der Waals surface area contributed by atoms with E-state index in [9.17, 15) is 4.39 Å². The Morgan fingerprint density at radius 1 is 1.05 bits per heavy atom. The molecule has 0 spiro atoms. The molecule has 1 aromatic carbocycles. The number of nitrogens with zero attached hydrogens (tertiary/aromatic N) is 5. The summed E-state index contributed by atoms with van der Waals surface area (Å²) in [7, 11) is 5.43. The summed E-state index contributed by atoms with van der Waals surface area (Å²) >= 11 is 0. The monoisotopic (exact) mass is 290 g/mol. The van der Waals surface area contributed by atoms with Crippen LogP contribution in [0.25, 0.3) is 0 Å². The molecule has 1 heterocycles. The summed E-state index contributed by atoms with van der Waals surface area (Å²) < 4.78 is 13.9. The second kappa shape index (κ2) is 5.90. The molecule has 0 bridgehead atoms. The van der Waals surface area contributed by atoms with Gasteiger partial charge in [0.25, 0.3) is 0 Å². The lowest BCUT2D eigenvalue weighted by Gasteiger charge is -2.26. The minimum atomic E-state index is -0.258. The maximum Gasteiger partial charge on any atom is 0.232 e. The van der Waals surface area contributed by atoms with Crippen LogP contribution in [0.15, 0.2) is 24.3 Å². The van der Waals surface area contributed by atoms with Crippen LogP contribution in [0.4, 0.5) is 22.2 Å². The van der Waals surface area contributed by atoms with Crippen LogP contribution in [0.5, 0.6) is 0 Å². The summed E-state index contributed by atoms with van der Waals surface area (Å²) in [4.78, 5) is 16.0. The zero-order chi connectivity index (χ0) is 15.6. The Labute approximate surface area is 123 Å². The molecule has 1 unspecified atom stereocenters. The van der Waals surface area contributed by atoms with Gasteiger partial charge in [-0.2, -0.15) is 15.0 Å².